The van der Waals surface area contributed by atoms with E-state index in [9.17, 15) is 4.57 Å². The molecule has 20 heavy (non-hydrogen) atoms. The fraction of sp³-hybridized carbons (Fsp3) is 1.00. The minimum Gasteiger partial charge on any atom is -0.323 e. The van der Waals surface area contributed by atoms with Crippen molar-refractivity contribution in [1.29, 1.82) is 0 Å². The van der Waals surface area contributed by atoms with Crippen LogP contribution in [0.15, 0.2) is 0 Å². The van der Waals surface area contributed by atoms with Gasteiger partial charge in [0.25, 0.3) is 0 Å². The van der Waals surface area contributed by atoms with Gasteiger partial charge in [-0.1, -0.05) is 61.3 Å². The van der Waals surface area contributed by atoms with E-state index in [4.69, 9.17) is 0 Å². The first-order chi connectivity index (χ1) is 9.61. The van der Waals surface area contributed by atoms with E-state index in [1.54, 1.807) is 0 Å². The maximum Gasteiger partial charge on any atom is 0.0918 e. The highest BCUT2D eigenvalue weighted by atomic mass is 31.2. The molecule has 0 rings (SSSR count). The van der Waals surface area contributed by atoms with E-state index in [2.05, 4.69) is 27.7 Å². The molecule has 0 unspecified atom stereocenters. The molecule has 0 spiro atoms. The first kappa shape index (κ1) is 20.7. The molecule has 0 fully saturated rings. The Kier molecular flexibility index (Phi) is 13.8. The van der Waals surface area contributed by atoms with E-state index in [0.717, 1.165) is 18.2 Å². The Bertz CT molecular complexity index is 233. The molecule has 0 atom stereocenters. The van der Waals surface area contributed by atoms with E-state index in [1.165, 1.54) is 63.7 Å². The second kappa shape index (κ2) is 13.3. The molecule has 0 aromatic carbocycles. The van der Waals surface area contributed by atoms with Gasteiger partial charge < -0.3 is 4.57 Å². The summed E-state index contributed by atoms with van der Waals surface area (Å²) in [5.74, 6) is 1.11. The second-order valence-electron chi connectivity index (χ2n) is 6.18. The maximum atomic E-state index is 13.3. The Morgan fingerprint density at radius 3 is 1.45 bits per heavy atom. The average Bonchev–Trinajstić information content (AvgIpc) is 2.46. The van der Waals surface area contributed by atoms with Crippen LogP contribution in [-0.2, 0) is 4.57 Å². The van der Waals surface area contributed by atoms with Crippen molar-refractivity contribution < 1.29 is 4.57 Å². The molecule has 3 heteroatoms. The predicted octanol–water partition coefficient (Wildman–Crippen LogP) is 6.99. The Hall–Kier alpha value is 0.660. The third kappa shape index (κ3) is 10.4. The van der Waals surface area contributed by atoms with Crippen molar-refractivity contribution in [3.63, 3.8) is 0 Å². The van der Waals surface area contributed by atoms with Crippen molar-refractivity contribution in [3.05, 3.63) is 0 Å². The van der Waals surface area contributed by atoms with E-state index >= 15 is 0 Å². The molecule has 0 radical (unpaired) electrons. The molecule has 0 N–H and O–H groups in total. The number of rotatable bonds is 14. The summed E-state index contributed by atoms with van der Waals surface area (Å²) in [6, 6.07) is 0. The van der Waals surface area contributed by atoms with Gasteiger partial charge in [-0.3, -0.25) is 0 Å². The van der Waals surface area contributed by atoms with E-state index in [-0.39, 0.29) is 7.92 Å². The Labute approximate surface area is 129 Å². The number of hydrogen-bond acceptors (Lipinski definition) is 1. The molecule has 0 aliphatic rings. The summed E-state index contributed by atoms with van der Waals surface area (Å²) >= 11 is 0. The summed E-state index contributed by atoms with van der Waals surface area (Å²) in [5, 5.41) is 0. The van der Waals surface area contributed by atoms with Gasteiger partial charge in [0.1, 0.15) is 0 Å². The van der Waals surface area contributed by atoms with Gasteiger partial charge in [-0.05, 0) is 38.0 Å². The van der Waals surface area contributed by atoms with Crippen LogP contribution in [0.3, 0.4) is 0 Å². The first-order valence-electron chi connectivity index (χ1n) is 8.91. The molecule has 0 aromatic heterocycles. The summed E-state index contributed by atoms with van der Waals surface area (Å²) in [7, 11) is -1.82. The van der Waals surface area contributed by atoms with Crippen molar-refractivity contribution in [1.82, 2.24) is 0 Å². The fourth-order valence-corrected chi connectivity index (χ4v) is 11.5. The van der Waals surface area contributed by atoms with Gasteiger partial charge in [0.2, 0.25) is 0 Å². The van der Waals surface area contributed by atoms with Gasteiger partial charge in [-0.2, -0.15) is 0 Å². The molecule has 0 saturated heterocycles. The standard InChI is InChI=1S/C17H38OP2/c1-5-9-13-19(14-10-6-2)17-20(18,15-11-7-3)16-12-8-4/h5-17H2,1-4H3. The predicted molar refractivity (Wildman–Crippen MR) is 98.5 cm³/mol. The third-order valence-corrected chi connectivity index (χ3v) is 11.8. The van der Waals surface area contributed by atoms with Gasteiger partial charge in [-0.25, -0.2) is 0 Å². The van der Waals surface area contributed by atoms with Crippen LogP contribution in [-0.4, -0.2) is 30.6 Å². The summed E-state index contributed by atoms with van der Waals surface area (Å²) in [6.07, 6.45) is 14.8. The lowest BCUT2D eigenvalue weighted by Gasteiger charge is -2.25. The lowest BCUT2D eigenvalue weighted by atomic mass is 10.4. The normalized spacial score (nSPS) is 12.2. The summed E-state index contributed by atoms with van der Waals surface area (Å²) < 4.78 is 13.3. The second-order valence-corrected chi connectivity index (χ2v) is 12.6. The molecule has 0 aliphatic carbocycles. The Balaban J connectivity index is 4.53. The fourth-order valence-electron chi connectivity index (χ4n) is 2.53. The SMILES string of the molecule is CCCCP(CCCC)CP(=O)(CCCC)CCCC. The highest BCUT2D eigenvalue weighted by Gasteiger charge is 2.24. The molecule has 0 amide bonds. The average molecular weight is 320 g/mol. The molecule has 1 nitrogen and oxygen atoms in total. The zero-order chi connectivity index (χ0) is 15.3. The van der Waals surface area contributed by atoms with Crippen LogP contribution >= 0.6 is 15.1 Å². The molecule has 0 aliphatic heterocycles. The molecule has 122 valence electrons. The minimum absolute atomic E-state index is 0.0434. The highest BCUT2D eigenvalue weighted by Crippen LogP contribution is 2.58. The largest absolute Gasteiger partial charge is 0.323 e. The molecule has 0 saturated carbocycles. The third-order valence-electron chi connectivity index (χ3n) is 3.95. The molecular weight excluding hydrogens is 282 g/mol. The van der Waals surface area contributed by atoms with Crippen LogP contribution in [0, 0.1) is 0 Å². The van der Waals surface area contributed by atoms with Crippen molar-refractivity contribution in [2.45, 2.75) is 79.1 Å². The van der Waals surface area contributed by atoms with Crippen molar-refractivity contribution in [3.8, 4) is 0 Å². The molecule has 0 heterocycles. The minimum atomic E-state index is -1.86. The van der Waals surface area contributed by atoms with Gasteiger partial charge >= 0.3 is 0 Å². The Morgan fingerprint density at radius 1 is 0.700 bits per heavy atom. The van der Waals surface area contributed by atoms with E-state index in [1.807, 2.05) is 0 Å². The lowest BCUT2D eigenvalue weighted by Crippen LogP contribution is -2.03. The zero-order valence-electron chi connectivity index (χ0n) is 14.5. The first-order valence-corrected chi connectivity index (χ1v) is 13.1. The Morgan fingerprint density at radius 2 is 1.10 bits per heavy atom. The van der Waals surface area contributed by atoms with Crippen LogP contribution in [0.2, 0.25) is 0 Å². The van der Waals surface area contributed by atoms with Crippen LogP contribution < -0.4 is 0 Å². The van der Waals surface area contributed by atoms with Gasteiger partial charge in [0, 0.05) is 18.2 Å². The van der Waals surface area contributed by atoms with Crippen molar-refractivity contribution in [2.75, 3.05) is 30.6 Å². The van der Waals surface area contributed by atoms with Gasteiger partial charge in [0.05, 0.1) is 7.14 Å². The van der Waals surface area contributed by atoms with E-state index in [0.29, 0.717) is 0 Å². The summed E-state index contributed by atoms with van der Waals surface area (Å²) in [4.78, 5) is 0. The zero-order valence-corrected chi connectivity index (χ0v) is 16.3. The highest BCUT2D eigenvalue weighted by molar-refractivity contribution is 7.77. The smallest absolute Gasteiger partial charge is 0.0918 e. The van der Waals surface area contributed by atoms with Crippen LogP contribution in [0.4, 0.5) is 0 Å². The van der Waals surface area contributed by atoms with Crippen molar-refractivity contribution >= 4 is 15.1 Å². The number of hydrogen-bond donors (Lipinski definition) is 0. The van der Waals surface area contributed by atoms with E-state index < -0.39 is 7.14 Å². The quantitative estimate of drug-likeness (QED) is 0.315. The lowest BCUT2D eigenvalue weighted by molar-refractivity contribution is 0.573. The van der Waals surface area contributed by atoms with Gasteiger partial charge in [-0.15, -0.1) is 0 Å². The topological polar surface area (TPSA) is 17.1 Å². The summed E-state index contributed by atoms with van der Waals surface area (Å²) in [5.41, 5.74) is 0. The monoisotopic (exact) mass is 320 g/mol. The summed E-state index contributed by atoms with van der Waals surface area (Å²) in [6.45, 7) is 9.00. The molecular formula is C17H38OP2. The molecule has 0 aromatic rings. The number of unbranched alkanes of at least 4 members (excludes halogenated alkanes) is 4. The van der Waals surface area contributed by atoms with Crippen LogP contribution in [0.25, 0.3) is 0 Å². The van der Waals surface area contributed by atoms with Crippen molar-refractivity contribution in [2.24, 2.45) is 0 Å². The van der Waals surface area contributed by atoms with Crippen LogP contribution in [0.5, 0.6) is 0 Å². The van der Waals surface area contributed by atoms with Gasteiger partial charge in [0.15, 0.2) is 0 Å². The maximum absolute atomic E-state index is 13.3. The van der Waals surface area contributed by atoms with Crippen LogP contribution in [0.1, 0.15) is 79.1 Å². The molecule has 0 bridgehead atoms.